The molecule has 1 amide bonds. The Kier molecular flexibility index (Phi) is 9.65. The molecule has 0 aliphatic heterocycles. The maximum absolute atomic E-state index is 13.5. The van der Waals surface area contributed by atoms with Crippen LogP contribution in [0.4, 0.5) is 18.9 Å². The Morgan fingerprint density at radius 1 is 0.950 bits per heavy atom. The average molecular weight is 580 g/mol. The molecule has 0 aliphatic carbocycles. The first-order valence-corrected chi connectivity index (χ1v) is 14.0. The third-order valence-electron chi connectivity index (χ3n) is 5.77. The van der Waals surface area contributed by atoms with Crippen LogP contribution in [0.1, 0.15) is 42.3 Å². The van der Waals surface area contributed by atoms with Gasteiger partial charge in [-0.25, -0.2) is 8.42 Å². The molecule has 0 aliphatic rings. The summed E-state index contributed by atoms with van der Waals surface area (Å²) in [6.45, 7) is 5.08. The Bertz CT molecular complexity index is 1460. The van der Waals surface area contributed by atoms with Crippen molar-refractivity contribution in [3.05, 3.63) is 77.4 Å². The zero-order valence-electron chi connectivity index (χ0n) is 22.6. The van der Waals surface area contributed by atoms with Crippen molar-refractivity contribution in [1.29, 1.82) is 0 Å². The van der Waals surface area contributed by atoms with E-state index in [1.165, 1.54) is 61.7 Å². The number of benzene rings is 3. The van der Waals surface area contributed by atoms with E-state index in [0.717, 1.165) is 6.07 Å². The molecule has 0 aromatic heterocycles. The molecule has 216 valence electrons. The van der Waals surface area contributed by atoms with Gasteiger partial charge in [0.2, 0.25) is 0 Å². The van der Waals surface area contributed by atoms with Gasteiger partial charge in [0.25, 0.3) is 5.91 Å². The highest BCUT2D eigenvalue weighted by Crippen LogP contribution is 2.39. The molecule has 11 heteroatoms. The van der Waals surface area contributed by atoms with Crippen LogP contribution in [0.15, 0.2) is 65.6 Å². The average Bonchev–Trinajstić information content (AvgIpc) is 2.86. The number of aliphatic hydroxyl groups is 1. The second-order valence-electron chi connectivity index (χ2n) is 10.4. The molecular formula is C29H32F3NO6S. The summed E-state index contributed by atoms with van der Waals surface area (Å²) in [5, 5.41) is 12.5. The lowest BCUT2D eigenvalue weighted by Gasteiger charge is -2.20. The van der Waals surface area contributed by atoms with Gasteiger partial charge in [-0.05, 0) is 58.5 Å². The number of hydrogen-bond acceptors (Lipinski definition) is 6. The van der Waals surface area contributed by atoms with Gasteiger partial charge in [-0.3, -0.25) is 4.79 Å². The van der Waals surface area contributed by atoms with Crippen LogP contribution in [0.3, 0.4) is 0 Å². The van der Waals surface area contributed by atoms with Gasteiger partial charge < -0.3 is 19.9 Å². The normalized spacial score (nSPS) is 12.3. The van der Waals surface area contributed by atoms with Crippen molar-refractivity contribution >= 4 is 21.4 Å². The molecule has 0 saturated carbocycles. The lowest BCUT2D eigenvalue weighted by molar-refractivity contribution is -0.137. The van der Waals surface area contributed by atoms with Gasteiger partial charge in [0, 0.05) is 18.4 Å². The minimum Gasteiger partial charge on any atom is -0.490 e. The van der Waals surface area contributed by atoms with Crippen LogP contribution in [0.2, 0.25) is 0 Å². The monoisotopic (exact) mass is 579 g/mol. The van der Waals surface area contributed by atoms with E-state index in [-0.39, 0.29) is 57.6 Å². The number of methoxy groups -OCH3 is 1. The number of hydrogen-bond donors (Lipinski definition) is 2. The van der Waals surface area contributed by atoms with Gasteiger partial charge in [-0.1, -0.05) is 45.0 Å². The quantitative estimate of drug-likeness (QED) is 0.288. The van der Waals surface area contributed by atoms with Crippen LogP contribution in [-0.4, -0.2) is 45.5 Å². The van der Waals surface area contributed by atoms with Crippen molar-refractivity contribution < 1.29 is 41.0 Å². The third kappa shape index (κ3) is 7.83. The number of halogens is 3. The van der Waals surface area contributed by atoms with Crippen LogP contribution in [-0.2, 0) is 27.4 Å². The van der Waals surface area contributed by atoms with Gasteiger partial charge in [0.05, 0.1) is 24.5 Å². The number of sulfone groups is 1. The Morgan fingerprint density at radius 2 is 1.65 bits per heavy atom. The van der Waals surface area contributed by atoms with E-state index in [2.05, 4.69) is 5.32 Å². The van der Waals surface area contributed by atoms with Crippen molar-refractivity contribution in [3.8, 4) is 16.9 Å². The standard InChI is InChI=1S/C29H32F3NO6S/c1-28(2,3)18-40(36,37)26-12-9-19(16-25(26)39-14-13-38-4)27(35)33-21-10-11-22(20(15-21)17-34)23-7-5-6-8-24(23)29(30,31)32/h5-12,15-16,34H,13-14,17-18H2,1-4H3,(H,33,35). The number of ether oxygens (including phenoxy) is 2. The number of amides is 1. The fraction of sp³-hybridized carbons (Fsp3) is 0.345. The van der Waals surface area contributed by atoms with Crippen LogP contribution < -0.4 is 10.1 Å². The maximum Gasteiger partial charge on any atom is 0.417 e. The van der Waals surface area contributed by atoms with Gasteiger partial charge in [0.1, 0.15) is 17.3 Å². The molecule has 0 radical (unpaired) electrons. The van der Waals surface area contributed by atoms with Crippen molar-refractivity contribution in [2.24, 2.45) is 5.41 Å². The first-order valence-electron chi connectivity index (χ1n) is 12.4. The first-order chi connectivity index (χ1) is 18.7. The summed E-state index contributed by atoms with van der Waals surface area (Å²) >= 11 is 0. The highest BCUT2D eigenvalue weighted by Gasteiger charge is 2.34. The molecule has 3 rings (SSSR count). The van der Waals surface area contributed by atoms with E-state index in [1.54, 1.807) is 20.8 Å². The van der Waals surface area contributed by atoms with E-state index in [1.807, 2.05) is 0 Å². The SMILES string of the molecule is COCCOc1cc(C(=O)Nc2ccc(-c3ccccc3C(F)(F)F)c(CO)c2)ccc1S(=O)(=O)CC(C)(C)C. The number of nitrogens with one attached hydrogen (secondary N) is 1. The molecule has 0 unspecified atom stereocenters. The summed E-state index contributed by atoms with van der Waals surface area (Å²) in [6.07, 6.45) is -4.59. The summed E-state index contributed by atoms with van der Waals surface area (Å²) in [5.74, 6) is -0.743. The number of carbonyl (C=O) groups is 1. The van der Waals surface area contributed by atoms with Gasteiger partial charge in [0.15, 0.2) is 9.84 Å². The summed E-state index contributed by atoms with van der Waals surface area (Å²) in [6, 6.07) is 13.2. The highest BCUT2D eigenvalue weighted by molar-refractivity contribution is 7.91. The fourth-order valence-electron chi connectivity index (χ4n) is 4.14. The molecule has 40 heavy (non-hydrogen) atoms. The first kappa shape index (κ1) is 31.1. The molecule has 0 spiro atoms. The summed E-state index contributed by atoms with van der Waals surface area (Å²) < 4.78 is 77.4. The van der Waals surface area contributed by atoms with Crippen molar-refractivity contribution in [3.63, 3.8) is 0 Å². The van der Waals surface area contributed by atoms with E-state index >= 15 is 0 Å². The largest absolute Gasteiger partial charge is 0.490 e. The van der Waals surface area contributed by atoms with Gasteiger partial charge >= 0.3 is 6.18 Å². The second kappa shape index (κ2) is 12.4. The molecule has 0 fully saturated rings. The van der Waals surface area contributed by atoms with E-state index < -0.39 is 39.5 Å². The minimum atomic E-state index is -4.59. The zero-order valence-corrected chi connectivity index (χ0v) is 23.4. The van der Waals surface area contributed by atoms with E-state index in [0.29, 0.717) is 0 Å². The molecule has 0 atom stereocenters. The fourth-order valence-corrected chi connectivity index (χ4v) is 6.13. The molecule has 7 nitrogen and oxygen atoms in total. The van der Waals surface area contributed by atoms with Crippen LogP contribution >= 0.6 is 0 Å². The Balaban J connectivity index is 1.93. The summed E-state index contributed by atoms with van der Waals surface area (Å²) in [7, 11) is -2.28. The van der Waals surface area contributed by atoms with Gasteiger partial charge in [-0.15, -0.1) is 0 Å². The zero-order chi connectivity index (χ0) is 29.7. The van der Waals surface area contributed by atoms with E-state index in [9.17, 15) is 31.5 Å². The summed E-state index contributed by atoms with van der Waals surface area (Å²) in [5.41, 5.74) is -0.772. The van der Waals surface area contributed by atoms with Crippen molar-refractivity contribution in [2.45, 2.75) is 38.4 Å². The molecule has 3 aromatic carbocycles. The predicted molar refractivity (Wildman–Crippen MR) is 146 cm³/mol. The Labute approximate surface area is 231 Å². The van der Waals surface area contributed by atoms with Crippen LogP contribution in [0, 0.1) is 5.41 Å². The van der Waals surface area contributed by atoms with Crippen molar-refractivity contribution in [2.75, 3.05) is 31.4 Å². The third-order valence-corrected chi connectivity index (χ3v) is 8.02. The molecule has 0 saturated heterocycles. The summed E-state index contributed by atoms with van der Waals surface area (Å²) in [4.78, 5) is 13.0. The molecule has 3 aromatic rings. The predicted octanol–water partition coefficient (Wildman–Crippen LogP) is 5.96. The molecule has 0 bridgehead atoms. The highest BCUT2D eigenvalue weighted by atomic mass is 32.2. The Hall–Kier alpha value is -3.41. The van der Waals surface area contributed by atoms with Gasteiger partial charge in [-0.2, -0.15) is 13.2 Å². The number of rotatable bonds is 10. The van der Waals surface area contributed by atoms with Crippen LogP contribution in [0.5, 0.6) is 5.75 Å². The molecule has 0 heterocycles. The van der Waals surface area contributed by atoms with Crippen LogP contribution in [0.25, 0.3) is 11.1 Å². The number of alkyl halides is 3. The topological polar surface area (TPSA) is 102 Å². The Morgan fingerprint density at radius 3 is 2.27 bits per heavy atom. The minimum absolute atomic E-state index is 0.00380. The number of anilines is 1. The second-order valence-corrected chi connectivity index (χ2v) is 12.3. The van der Waals surface area contributed by atoms with Crippen molar-refractivity contribution in [1.82, 2.24) is 0 Å². The maximum atomic E-state index is 13.5. The molecule has 2 N–H and O–H groups in total. The smallest absolute Gasteiger partial charge is 0.417 e. The molecular weight excluding hydrogens is 547 g/mol. The lowest BCUT2D eigenvalue weighted by Crippen LogP contribution is -2.22. The number of carbonyl (C=O) groups excluding carboxylic acids is 1. The number of aliphatic hydroxyl groups excluding tert-OH is 1. The van der Waals surface area contributed by atoms with E-state index in [4.69, 9.17) is 9.47 Å². The lowest BCUT2D eigenvalue weighted by atomic mass is 9.95.